The Hall–Kier alpha value is -2.59. The molecular formula is C18H17N3O. The van der Waals surface area contributed by atoms with E-state index in [0.29, 0.717) is 6.61 Å². The van der Waals surface area contributed by atoms with Crippen molar-refractivity contribution in [1.29, 1.82) is 0 Å². The summed E-state index contributed by atoms with van der Waals surface area (Å²) in [6.45, 7) is 6.56. The highest BCUT2D eigenvalue weighted by atomic mass is 16.5. The number of hydrogen-bond donors (Lipinski definition) is 0. The van der Waals surface area contributed by atoms with Gasteiger partial charge in [-0.1, -0.05) is 30.8 Å². The highest BCUT2D eigenvalue weighted by molar-refractivity contribution is 5.83. The Labute approximate surface area is 129 Å². The van der Waals surface area contributed by atoms with Crippen LogP contribution in [-0.4, -0.2) is 22.1 Å². The predicted molar refractivity (Wildman–Crippen MR) is 88.2 cm³/mol. The molecule has 0 aliphatic heterocycles. The van der Waals surface area contributed by atoms with Gasteiger partial charge < -0.3 is 4.74 Å². The second-order valence-electron chi connectivity index (χ2n) is 5.20. The zero-order valence-corrected chi connectivity index (χ0v) is 12.7. The zero-order valence-electron chi connectivity index (χ0n) is 12.7. The maximum absolute atomic E-state index is 5.14. The summed E-state index contributed by atoms with van der Waals surface area (Å²) in [5, 5.41) is 0. The molecule has 0 saturated heterocycles. The van der Waals surface area contributed by atoms with Gasteiger partial charge in [0.1, 0.15) is 5.52 Å². The molecule has 110 valence electrons. The van der Waals surface area contributed by atoms with Crippen molar-refractivity contribution in [3.63, 3.8) is 0 Å². The van der Waals surface area contributed by atoms with Gasteiger partial charge in [0.25, 0.3) is 0 Å². The lowest BCUT2D eigenvalue weighted by molar-refractivity contribution is 0.185. The van der Waals surface area contributed by atoms with Gasteiger partial charge in [0.05, 0.1) is 29.7 Å². The van der Waals surface area contributed by atoms with Crippen molar-refractivity contribution < 1.29 is 4.74 Å². The van der Waals surface area contributed by atoms with Gasteiger partial charge in [-0.25, -0.2) is 9.97 Å². The van der Waals surface area contributed by atoms with Crippen LogP contribution in [0.1, 0.15) is 18.2 Å². The fourth-order valence-corrected chi connectivity index (χ4v) is 2.33. The first-order valence-electron chi connectivity index (χ1n) is 7.05. The molecule has 0 radical (unpaired) electrons. The van der Waals surface area contributed by atoms with Gasteiger partial charge in [0, 0.05) is 18.9 Å². The normalized spacial score (nSPS) is 10.8. The smallest absolute Gasteiger partial charge is 0.108 e. The van der Waals surface area contributed by atoms with Gasteiger partial charge in [-0.15, -0.1) is 0 Å². The van der Waals surface area contributed by atoms with Crippen molar-refractivity contribution in [2.75, 3.05) is 7.11 Å². The van der Waals surface area contributed by atoms with E-state index in [-0.39, 0.29) is 0 Å². The van der Waals surface area contributed by atoms with Gasteiger partial charge in [-0.05, 0) is 24.1 Å². The van der Waals surface area contributed by atoms with Crippen molar-refractivity contribution in [3.8, 4) is 11.3 Å². The molecule has 0 bridgehead atoms. The number of rotatable bonds is 4. The fraction of sp³-hybridized carbons (Fsp3) is 0.167. The number of methoxy groups -OCH3 is 1. The molecule has 3 aromatic rings. The van der Waals surface area contributed by atoms with Crippen LogP contribution in [0.5, 0.6) is 0 Å². The van der Waals surface area contributed by atoms with E-state index in [1.165, 1.54) is 0 Å². The fourth-order valence-electron chi connectivity index (χ4n) is 2.33. The molecular weight excluding hydrogens is 274 g/mol. The third-order valence-corrected chi connectivity index (χ3v) is 3.41. The number of hydrogen-bond acceptors (Lipinski definition) is 4. The summed E-state index contributed by atoms with van der Waals surface area (Å²) < 4.78 is 5.14. The van der Waals surface area contributed by atoms with Crippen LogP contribution in [-0.2, 0) is 11.3 Å². The standard InChI is InChI=1S/C18H17N3O/c1-12(2)17-18(14-6-4-13(5-7-14)11-22-3)20-15-8-9-19-10-16(15)21-17/h4-10H,1,11H2,2-3H3. The lowest BCUT2D eigenvalue weighted by atomic mass is 10.0. The molecule has 0 N–H and O–H groups in total. The number of ether oxygens (including phenoxy) is 1. The summed E-state index contributed by atoms with van der Waals surface area (Å²) in [5.74, 6) is 0. The summed E-state index contributed by atoms with van der Waals surface area (Å²) in [7, 11) is 1.69. The number of nitrogens with zero attached hydrogens (tertiary/aromatic N) is 3. The van der Waals surface area contributed by atoms with E-state index in [4.69, 9.17) is 9.72 Å². The van der Waals surface area contributed by atoms with Crippen LogP contribution in [0.3, 0.4) is 0 Å². The molecule has 4 nitrogen and oxygen atoms in total. The van der Waals surface area contributed by atoms with Crippen molar-refractivity contribution in [3.05, 3.63) is 60.6 Å². The maximum atomic E-state index is 5.14. The molecule has 2 aromatic heterocycles. The van der Waals surface area contributed by atoms with Crippen LogP contribution in [0.4, 0.5) is 0 Å². The minimum atomic E-state index is 0.600. The number of benzene rings is 1. The molecule has 0 aliphatic rings. The molecule has 3 rings (SSSR count). The molecule has 0 fully saturated rings. The minimum Gasteiger partial charge on any atom is -0.380 e. The molecule has 0 saturated carbocycles. The Morgan fingerprint density at radius 2 is 1.86 bits per heavy atom. The van der Waals surface area contributed by atoms with Crippen LogP contribution in [0.2, 0.25) is 0 Å². The monoisotopic (exact) mass is 291 g/mol. The van der Waals surface area contributed by atoms with Gasteiger partial charge in [0.2, 0.25) is 0 Å². The Balaban J connectivity index is 2.15. The molecule has 0 atom stereocenters. The lowest BCUT2D eigenvalue weighted by Gasteiger charge is -2.10. The Morgan fingerprint density at radius 1 is 1.09 bits per heavy atom. The summed E-state index contributed by atoms with van der Waals surface area (Å²) in [4.78, 5) is 13.5. The second-order valence-corrected chi connectivity index (χ2v) is 5.20. The van der Waals surface area contributed by atoms with E-state index in [1.54, 1.807) is 19.5 Å². The highest BCUT2D eigenvalue weighted by Crippen LogP contribution is 2.27. The summed E-state index contributed by atoms with van der Waals surface area (Å²) in [6.07, 6.45) is 3.45. The molecule has 22 heavy (non-hydrogen) atoms. The average Bonchev–Trinajstić information content (AvgIpc) is 2.54. The van der Waals surface area contributed by atoms with Crippen LogP contribution >= 0.6 is 0 Å². The molecule has 4 heteroatoms. The number of fused-ring (bicyclic) bond motifs is 1. The van der Waals surface area contributed by atoms with E-state index in [0.717, 1.165) is 39.1 Å². The van der Waals surface area contributed by atoms with Crippen molar-refractivity contribution in [2.24, 2.45) is 0 Å². The topological polar surface area (TPSA) is 47.9 Å². The van der Waals surface area contributed by atoms with Crippen molar-refractivity contribution in [1.82, 2.24) is 15.0 Å². The minimum absolute atomic E-state index is 0.600. The summed E-state index contributed by atoms with van der Waals surface area (Å²) >= 11 is 0. The third-order valence-electron chi connectivity index (χ3n) is 3.41. The van der Waals surface area contributed by atoms with E-state index in [2.05, 4.69) is 16.5 Å². The van der Waals surface area contributed by atoms with E-state index in [9.17, 15) is 0 Å². The van der Waals surface area contributed by atoms with E-state index >= 15 is 0 Å². The third kappa shape index (κ3) is 2.73. The van der Waals surface area contributed by atoms with Gasteiger partial charge in [0.15, 0.2) is 0 Å². The van der Waals surface area contributed by atoms with E-state index in [1.807, 2.05) is 37.3 Å². The first kappa shape index (κ1) is 14.4. The molecule has 0 unspecified atom stereocenters. The van der Waals surface area contributed by atoms with Crippen LogP contribution in [0.15, 0.2) is 49.3 Å². The van der Waals surface area contributed by atoms with Gasteiger partial charge in [-0.3, -0.25) is 4.98 Å². The predicted octanol–water partition coefficient (Wildman–Crippen LogP) is 3.87. The summed E-state index contributed by atoms with van der Waals surface area (Å²) in [5.41, 5.74) is 6.28. The molecule has 0 aliphatic carbocycles. The van der Waals surface area contributed by atoms with Crippen LogP contribution in [0.25, 0.3) is 27.9 Å². The molecule has 0 spiro atoms. The SMILES string of the molecule is C=C(C)c1nc2cnccc2nc1-c1ccc(COC)cc1. The van der Waals surface area contributed by atoms with Gasteiger partial charge >= 0.3 is 0 Å². The highest BCUT2D eigenvalue weighted by Gasteiger charge is 2.11. The first-order valence-corrected chi connectivity index (χ1v) is 7.05. The second kappa shape index (κ2) is 6.03. The van der Waals surface area contributed by atoms with Crippen molar-refractivity contribution in [2.45, 2.75) is 13.5 Å². The number of allylic oxidation sites excluding steroid dienone is 1. The average molecular weight is 291 g/mol. The number of pyridine rings is 1. The van der Waals surface area contributed by atoms with Crippen molar-refractivity contribution >= 4 is 16.6 Å². The zero-order chi connectivity index (χ0) is 15.5. The quantitative estimate of drug-likeness (QED) is 0.732. The van der Waals surface area contributed by atoms with Crippen LogP contribution < -0.4 is 0 Å². The molecule has 1 aromatic carbocycles. The first-order chi connectivity index (χ1) is 10.7. The number of aromatic nitrogens is 3. The largest absolute Gasteiger partial charge is 0.380 e. The van der Waals surface area contributed by atoms with Gasteiger partial charge in [-0.2, -0.15) is 0 Å². The Morgan fingerprint density at radius 3 is 2.55 bits per heavy atom. The lowest BCUT2D eigenvalue weighted by Crippen LogP contribution is -1.97. The summed E-state index contributed by atoms with van der Waals surface area (Å²) in [6, 6.07) is 10.0. The Kier molecular flexibility index (Phi) is 3.94. The molecule has 2 heterocycles. The Bertz CT molecular complexity index is 825. The maximum Gasteiger partial charge on any atom is 0.108 e. The van der Waals surface area contributed by atoms with E-state index < -0.39 is 0 Å². The van der Waals surface area contributed by atoms with Crippen LogP contribution in [0, 0.1) is 0 Å². The molecule has 0 amide bonds.